The first kappa shape index (κ1) is 17.8. The van der Waals surface area contributed by atoms with E-state index in [0.29, 0.717) is 30.0 Å². The first-order valence-corrected chi connectivity index (χ1v) is 11.5. The van der Waals surface area contributed by atoms with Crippen LogP contribution < -0.4 is 0 Å². The number of piperazine rings is 1. The minimum absolute atomic E-state index is 0.0156. The second-order valence-electron chi connectivity index (χ2n) is 8.05. The lowest BCUT2D eigenvalue weighted by molar-refractivity contribution is -0.129. The van der Waals surface area contributed by atoms with Gasteiger partial charge in [-0.25, -0.2) is 0 Å². The minimum Gasteiger partial charge on any atom is -0.336 e. The van der Waals surface area contributed by atoms with Gasteiger partial charge >= 0.3 is 0 Å². The van der Waals surface area contributed by atoms with Crippen molar-refractivity contribution in [3.8, 4) is 0 Å². The molecule has 0 radical (unpaired) electrons. The number of allylic oxidation sites excluding steroid dienone is 2. The molecule has 0 bridgehead atoms. The highest BCUT2D eigenvalue weighted by molar-refractivity contribution is 8.03. The van der Waals surface area contributed by atoms with E-state index in [0.717, 1.165) is 38.2 Å². The Hall–Kier alpha value is -1.60. The quantitative estimate of drug-likeness (QED) is 0.673. The van der Waals surface area contributed by atoms with Gasteiger partial charge in [-0.3, -0.25) is 13.8 Å². The fourth-order valence-electron chi connectivity index (χ4n) is 4.34. The topological polar surface area (TPSA) is 60.9 Å². The fourth-order valence-corrected chi connectivity index (χ4v) is 5.42. The summed E-state index contributed by atoms with van der Waals surface area (Å²) in [5, 5.41) is 0. The standard InChI is InChI=1S/C19H27N3O3S/c1-20-7-9-21(10-8-20)19(24)18-14-11-13(14)15(12-16(18)26(2,3)25)22-6-4-5-17(22)23/h12-14H,2,4-11H2,1,3H3/t13?,14-,26?/m1/s1. The Morgan fingerprint density at radius 3 is 2.46 bits per heavy atom. The van der Waals surface area contributed by atoms with Gasteiger partial charge in [0.25, 0.3) is 5.91 Å². The van der Waals surface area contributed by atoms with E-state index in [9.17, 15) is 13.8 Å². The largest absolute Gasteiger partial charge is 0.336 e. The molecule has 2 saturated heterocycles. The zero-order chi connectivity index (χ0) is 18.6. The molecule has 4 rings (SSSR count). The Morgan fingerprint density at radius 2 is 1.88 bits per heavy atom. The molecule has 4 aliphatic rings. The van der Waals surface area contributed by atoms with Crippen LogP contribution in [-0.2, 0) is 19.1 Å². The summed E-state index contributed by atoms with van der Waals surface area (Å²) in [7, 11) is -0.492. The molecule has 2 amide bonds. The Kier molecular flexibility index (Phi) is 4.27. The third-order valence-corrected chi connectivity index (χ3v) is 7.22. The number of amides is 2. The van der Waals surface area contributed by atoms with E-state index < -0.39 is 9.52 Å². The number of fused-ring (bicyclic) bond motifs is 1. The van der Waals surface area contributed by atoms with Crippen LogP contribution in [0.2, 0.25) is 0 Å². The molecule has 0 aromatic carbocycles. The predicted octanol–water partition coefficient (Wildman–Crippen LogP) is 0.517. The number of likely N-dealkylation sites (tertiary alicyclic amines) is 1. The Balaban J connectivity index is 1.71. The van der Waals surface area contributed by atoms with Gasteiger partial charge < -0.3 is 14.7 Å². The summed E-state index contributed by atoms with van der Waals surface area (Å²) < 4.78 is 12.9. The molecule has 2 aliphatic heterocycles. The Bertz CT molecular complexity index is 819. The van der Waals surface area contributed by atoms with Crippen molar-refractivity contribution in [2.45, 2.75) is 19.3 Å². The zero-order valence-electron chi connectivity index (χ0n) is 15.6. The van der Waals surface area contributed by atoms with Crippen molar-refractivity contribution in [3.63, 3.8) is 0 Å². The number of likely N-dealkylation sites (N-methyl/N-ethyl adjacent to an activating group) is 1. The molecule has 6 nitrogen and oxygen atoms in total. The van der Waals surface area contributed by atoms with Crippen molar-refractivity contribution in [3.05, 3.63) is 22.3 Å². The van der Waals surface area contributed by atoms with Crippen LogP contribution >= 0.6 is 0 Å². The molecule has 0 N–H and O–H groups in total. The molecule has 26 heavy (non-hydrogen) atoms. The Labute approximate surface area is 155 Å². The molecule has 3 atom stereocenters. The van der Waals surface area contributed by atoms with E-state index in [2.05, 4.69) is 17.8 Å². The van der Waals surface area contributed by atoms with Crippen molar-refractivity contribution in [1.82, 2.24) is 14.7 Å². The molecule has 7 heteroatoms. The van der Waals surface area contributed by atoms with Crippen LogP contribution in [-0.4, -0.2) is 82.6 Å². The second-order valence-corrected chi connectivity index (χ2v) is 10.5. The highest BCUT2D eigenvalue weighted by atomic mass is 32.2. The molecular weight excluding hydrogens is 350 g/mol. The van der Waals surface area contributed by atoms with Crippen molar-refractivity contribution >= 4 is 27.2 Å². The summed E-state index contributed by atoms with van der Waals surface area (Å²) in [6.07, 6.45) is 5.76. The van der Waals surface area contributed by atoms with Crippen molar-refractivity contribution in [2.24, 2.45) is 11.8 Å². The third-order valence-electron chi connectivity index (χ3n) is 5.96. The number of hydrogen-bond donors (Lipinski definition) is 0. The first-order valence-electron chi connectivity index (χ1n) is 9.33. The maximum atomic E-state index is 13.2. The van der Waals surface area contributed by atoms with Gasteiger partial charge in [-0.1, -0.05) is 0 Å². The molecule has 2 aliphatic carbocycles. The first-order chi connectivity index (χ1) is 12.3. The van der Waals surface area contributed by atoms with Crippen LogP contribution in [0.15, 0.2) is 22.3 Å². The molecule has 0 spiro atoms. The fraction of sp³-hybridized carbons (Fsp3) is 0.632. The number of hydrogen-bond acceptors (Lipinski definition) is 4. The highest BCUT2D eigenvalue weighted by Gasteiger charge is 2.52. The molecule has 0 aromatic rings. The van der Waals surface area contributed by atoms with E-state index in [4.69, 9.17) is 0 Å². The molecule has 2 unspecified atom stereocenters. The number of rotatable bonds is 3. The van der Waals surface area contributed by atoms with Gasteiger partial charge in [0.2, 0.25) is 5.91 Å². The summed E-state index contributed by atoms with van der Waals surface area (Å²) in [4.78, 5) is 31.9. The minimum atomic E-state index is -2.55. The summed E-state index contributed by atoms with van der Waals surface area (Å²) >= 11 is 0. The number of nitrogens with zero attached hydrogens (tertiary/aromatic N) is 3. The van der Waals surface area contributed by atoms with Gasteiger partial charge in [-0.15, -0.1) is 0 Å². The number of carbonyl (C=O) groups excluding carboxylic acids is 2. The van der Waals surface area contributed by atoms with Gasteiger partial charge in [0.15, 0.2) is 0 Å². The molecule has 142 valence electrons. The predicted molar refractivity (Wildman–Crippen MR) is 103 cm³/mol. The molecule has 1 saturated carbocycles. The van der Waals surface area contributed by atoms with Crippen LogP contribution in [0.1, 0.15) is 19.3 Å². The molecule has 2 heterocycles. The van der Waals surface area contributed by atoms with Crippen molar-refractivity contribution < 1.29 is 13.8 Å². The van der Waals surface area contributed by atoms with Gasteiger partial charge in [0.1, 0.15) is 0 Å². The summed E-state index contributed by atoms with van der Waals surface area (Å²) in [5.74, 6) is 4.32. The lowest BCUT2D eigenvalue weighted by Crippen LogP contribution is -2.48. The molecule has 0 aromatic heterocycles. The normalized spacial score (nSPS) is 31.6. The lowest BCUT2D eigenvalue weighted by atomic mass is 9.99. The summed E-state index contributed by atoms with van der Waals surface area (Å²) in [6, 6.07) is 0. The van der Waals surface area contributed by atoms with Gasteiger partial charge in [0, 0.05) is 67.5 Å². The van der Waals surface area contributed by atoms with Crippen LogP contribution in [0.25, 0.3) is 0 Å². The average molecular weight is 378 g/mol. The van der Waals surface area contributed by atoms with Gasteiger partial charge in [-0.2, -0.15) is 0 Å². The van der Waals surface area contributed by atoms with E-state index in [1.807, 2.05) is 15.9 Å². The van der Waals surface area contributed by atoms with Crippen LogP contribution in [0.4, 0.5) is 0 Å². The van der Waals surface area contributed by atoms with Crippen LogP contribution in [0.5, 0.6) is 0 Å². The second kappa shape index (κ2) is 6.23. The lowest BCUT2D eigenvalue weighted by Gasteiger charge is -2.34. The van der Waals surface area contributed by atoms with Crippen molar-refractivity contribution in [2.75, 3.05) is 46.0 Å². The SMILES string of the molecule is C=S(C)(=O)C1=C(C(=O)N2CCN(C)CC2)[C@@H]2CC2C(N2CCCC2=O)=C1. The highest BCUT2D eigenvalue weighted by Crippen LogP contribution is 2.55. The average Bonchev–Trinajstić information content (AvgIpc) is 3.27. The third kappa shape index (κ3) is 3.01. The van der Waals surface area contributed by atoms with E-state index in [-0.39, 0.29) is 23.7 Å². The number of carbonyl (C=O) groups is 2. The zero-order valence-corrected chi connectivity index (χ0v) is 16.4. The van der Waals surface area contributed by atoms with Gasteiger partial charge in [-0.05, 0) is 47.3 Å². The van der Waals surface area contributed by atoms with E-state index in [1.165, 1.54) is 0 Å². The van der Waals surface area contributed by atoms with E-state index in [1.54, 1.807) is 6.26 Å². The van der Waals surface area contributed by atoms with Crippen molar-refractivity contribution in [1.29, 1.82) is 0 Å². The maximum Gasteiger partial charge on any atom is 0.251 e. The summed E-state index contributed by atoms with van der Waals surface area (Å²) in [6.45, 7) is 3.85. The van der Waals surface area contributed by atoms with E-state index >= 15 is 0 Å². The van der Waals surface area contributed by atoms with Crippen LogP contribution in [0, 0.1) is 11.8 Å². The molecular formula is C19H27N3O3S. The maximum absolute atomic E-state index is 13.2. The van der Waals surface area contributed by atoms with Gasteiger partial charge in [0.05, 0.1) is 0 Å². The Morgan fingerprint density at radius 1 is 1.19 bits per heavy atom. The molecule has 3 fully saturated rings. The monoisotopic (exact) mass is 377 g/mol. The van der Waals surface area contributed by atoms with Crippen LogP contribution in [0.3, 0.4) is 0 Å². The summed E-state index contributed by atoms with van der Waals surface area (Å²) in [5.41, 5.74) is 1.65. The smallest absolute Gasteiger partial charge is 0.251 e.